The van der Waals surface area contributed by atoms with Crippen LogP contribution < -0.4 is 10.0 Å². The molecule has 0 radical (unpaired) electrons. The van der Waals surface area contributed by atoms with Gasteiger partial charge < -0.3 is 5.32 Å². The smallest absolute Gasteiger partial charge is 0.215 e. The third-order valence-electron chi connectivity index (χ3n) is 2.22. The first-order valence-corrected chi connectivity index (χ1v) is 7.28. The first kappa shape index (κ1) is 14.9. The highest BCUT2D eigenvalue weighted by Gasteiger charge is 2.18. The van der Waals surface area contributed by atoms with Crippen LogP contribution in [0, 0.1) is 0 Å². The van der Waals surface area contributed by atoms with Crippen molar-refractivity contribution < 1.29 is 8.42 Å². The van der Waals surface area contributed by atoms with E-state index in [2.05, 4.69) is 17.0 Å². The molecule has 0 aliphatic carbocycles. The van der Waals surface area contributed by atoms with Crippen molar-refractivity contribution in [2.24, 2.45) is 0 Å². The van der Waals surface area contributed by atoms with Gasteiger partial charge in [0.05, 0.1) is 5.25 Å². The Bertz CT molecular complexity index is 240. The van der Waals surface area contributed by atoms with Crippen LogP contribution in [0.1, 0.15) is 40.0 Å². The van der Waals surface area contributed by atoms with Gasteiger partial charge in [-0.1, -0.05) is 20.3 Å². The largest absolute Gasteiger partial charge is 0.315 e. The lowest BCUT2D eigenvalue weighted by molar-refractivity contribution is 0.554. The van der Waals surface area contributed by atoms with Gasteiger partial charge in [0.25, 0.3) is 0 Å². The fourth-order valence-electron chi connectivity index (χ4n) is 1.13. The lowest BCUT2D eigenvalue weighted by atomic mass is 10.3. The molecule has 0 heterocycles. The summed E-state index contributed by atoms with van der Waals surface area (Å²) in [6.07, 6.45) is 2.93. The number of rotatable bonds is 9. The van der Waals surface area contributed by atoms with E-state index in [0.29, 0.717) is 13.1 Å². The number of nitrogens with one attached hydrogen (secondary N) is 2. The van der Waals surface area contributed by atoms with Gasteiger partial charge in [-0.2, -0.15) is 0 Å². The molecule has 0 fully saturated rings. The molecule has 92 valence electrons. The third-order valence-corrected chi connectivity index (χ3v) is 4.05. The van der Waals surface area contributed by atoms with E-state index in [4.69, 9.17) is 0 Å². The zero-order valence-corrected chi connectivity index (χ0v) is 10.9. The molecule has 1 unspecified atom stereocenters. The van der Waals surface area contributed by atoms with Crippen molar-refractivity contribution in [3.63, 3.8) is 0 Å². The van der Waals surface area contributed by atoms with Crippen LogP contribution in [0.15, 0.2) is 0 Å². The van der Waals surface area contributed by atoms with E-state index in [0.717, 1.165) is 25.8 Å². The predicted octanol–water partition coefficient (Wildman–Crippen LogP) is 1.09. The Kier molecular flexibility index (Phi) is 8.00. The summed E-state index contributed by atoms with van der Waals surface area (Å²) < 4.78 is 25.9. The van der Waals surface area contributed by atoms with Crippen LogP contribution in [0.4, 0.5) is 0 Å². The van der Waals surface area contributed by atoms with Crippen molar-refractivity contribution in [3.8, 4) is 0 Å². The van der Waals surface area contributed by atoms with Crippen molar-refractivity contribution in [3.05, 3.63) is 0 Å². The maximum absolute atomic E-state index is 11.6. The molecule has 15 heavy (non-hydrogen) atoms. The lowest BCUT2D eigenvalue weighted by Gasteiger charge is -2.14. The Morgan fingerprint density at radius 1 is 1.13 bits per heavy atom. The molecule has 0 rings (SSSR count). The second kappa shape index (κ2) is 8.07. The molecule has 5 heteroatoms. The predicted molar refractivity (Wildman–Crippen MR) is 64.5 cm³/mol. The third kappa shape index (κ3) is 6.87. The van der Waals surface area contributed by atoms with E-state index in [9.17, 15) is 8.42 Å². The Balaban J connectivity index is 3.86. The topological polar surface area (TPSA) is 58.2 Å². The number of hydrogen-bond acceptors (Lipinski definition) is 3. The van der Waals surface area contributed by atoms with Gasteiger partial charge in [0.15, 0.2) is 0 Å². The van der Waals surface area contributed by atoms with Crippen molar-refractivity contribution in [2.45, 2.75) is 45.3 Å². The molecule has 0 aromatic rings. The average Bonchev–Trinajstić information content (AvgIpc) is 2.18. The molecule has 0 aromatic heterocycles. The maximum Gasteiger partial charge on any atom is 0.215 e. The van der Waals surface area contributed by atoms with Crippen LogP contribution >= 0.6 is 0 Å². The van der Waals surface area contributed by atoms with Crippen LogP contribution in [0.3, 0.4) is 0 Å². The van der Waals surface area contributed by atoms with Gasteiger partial charge in [-0.05, 0) is 26.3 Å². The minimum Gasteiger partial charge on any atom is -0.315 e. The second-order valence-electron chi connectivity index (χ2n) is 3.81. The monoisotopic (exact) mass is 236 g/mol. The molecule has 0 aliphatic rings. The quantitative estimate of drug-likeness (QED) is 0.589. The molecular weight excluding hydrogens is 212 g/mol. The van der Waals surface area contributed by atoms with E-state index in [-0.39, 0.29) is 5.25 Å². The molecular formula is C10H24N2O2S. The highest BCUT2D eigenvalue weighted by molar-refractivity contribution is 7.90. The lowest BCUT2D eigenvalue weighted by Crippen LogP contribution is -2.39. The summed E-state index contributed by atoms with van der Waals surface area (Å²) in [7, 11) is -3.13. The van der Waals surface area contributed by atoms with Gasteiger partial charge >= 0.3 is 0 Å². The van der Waals surface area contributed by atoms with Crippen LogP contribution in [0.5, 0.6) is 0 Å². The molecule has 2 N–H and O–H groups in total. The Morgan fingerprint density at radius 2 is 1.80 bits per heavy atom. The summed E-state index contributed by atoms with van der Waals surface area (Å²) in [6.45, 7) is 7.78. The zero-order valence-electron chi connectivity index (χ0n) is 10.0. The first-order valence-electron chi connectivity index (χ1n) is 5.73. The number of unbranched alkanes of at least 4 members (excludes halogenated alkanes) is 1. The Labute approximate surface area is 93.9 Å². The Hall–Kier alpha value is -0.130. The van der Waals surface area contributed by atoms with Crippen molar-refractivity contribution in [2.75, 3.05) is 19.6 Å². The molecule has 0 aromatic carbocycles. The van der Waals surface area contributed by atoms with E-state index in [1.54, 1.807) is 6.92 Å². The summed E-state index contributed by atoms with van der Waals surface area (Å²) in [5.74, 6) is 0. The molecule has 0 saturated heterocycles. The summed E-state index contributed by atoms with van der Waals surface area (Å²) >= 11 is 0. The standard InChI is InChI=1S/C10H24N2O2S/c1-4-6-8-12-15(13,14)10(3)9-11-7-5-2/h10-12H,4-9H2,1-3H3. The molecule has 4 nitrogen and oxygen atoms in total. The molecule has 0 aliphatic heterocycles. The molecule has 1 atom stereocenters. The minimum absolute atomic E-state index is 0.360. The highest BCUT2D eigenvalue weighted by Crippen LogP contribution is 1.97. The van der Waals surface area contributed by atoms with Crippen LogP contribution in [-0.4, -0.2) is 33.3 Å². The fourth-order valence-corrected chi connectivity index (χ4v) is 2.18. The second-order valence-corrected chi connectivity index (χ2v) is 5.99. The summed E-state index contributed by atoms with van der Waals surface area (Å²) in [4.78, 5) is 0. The van der Waals surface area contributed by atoms with E-state index in [1.807, 2.05) is 6.92 Å². The fraction of sp³-hybridized carbons (Fsp3) is 1.00. The zero-order chi connectivity index (χ0) is 11.7. The van der Waals surface area contributed by atoms with Crippen molar-refractivity contribution in [1.29, 1.82) is 0 Å². The van der Waals surface area contributed by atoms with Crippen LogP contribution in [-0.2, 0) is 10.0 Å². The maximum atomic E-state index is 11.6. The number of hydrogen-bond donors (Lipinski definition) is 2. The van der Waals surface area contributed by atoms with E-state index in [1.165, 1.54) is 0 Å². The van der Waals surface area contributed by atoms with Crippen molar-refractivity contribution >= 4 is 10.0 Å². The van der Waals surface area contributed by atoms with Gasteiger partial charge in [0.2, 0.25) is 10.0 Å². The van der Waals surface area contributed by atoms with Crippen LogP contribution in [0.2, 0.25) is 0 Å². The van der Waals surface area contributed by atoms with Gasteiger partial charge in [0, 0.05) is 13.1 Å². The Morgan fingerprint density at radius 3 is 2.33 bits per heavy atom. The first-order chi connectivity index (χ1) is 7.04. The normalized spacial score (nSPS) is 14.1. The summed E-state index contributed by atoms with van der Waals surface area (Å²) in [5, 5.41) is 2.75. The molecule has 0 saturated carbocycles. The van der Waals surface area contributed by atoms with Gasteiger partial charge in [-0.15, -0.1) is 0 Å². The summed E-state index contributed by atoms with van der Waals surface area (Å²) in [5.41, 5.74) is 0. The highest BCUT2D eigenvalue weighted by atomic mass is 32.2. The minimum atomic E-state index is -3.13. The van der Waals surface area contributed by atoms with E-state index >= 15 is 0 Å². The van der Waals surface area contributed by atoms with Crippen LogP contribution in [0.25, 0.3) is 0 Å². The SMILES string of the molecule is CCCCNS(=O)(=O)C(C)CNCCC. The average molecular weight is 236 g/mol. The molecule has 0 spiro atoms. The molecule has 0 bridgehead atoms. The number of sulfonamides is 1. The van der Waals surface area contributed by atoms with Gasteiger partial charge in [-0.3, -0.25) is 0 Å². The van der Waals surface area contributed by atoms with Gasteiger partial charge in [0.1, 0.15) is 0 Å². The van der Waals surface area contributed by atoms with E-state index < -0.39 is 10.0 Å². The molecule has 0 amide bonds. The van der Waals surface area contributed by atoms with Gasteiger partial charge in [-0.25, -0.2) is 13.1 Å². The van der Waals surface area contributed by atoms with Crippen molar-refractivity contribution in [1.82, 2.24) is 10.0 Å². The summed E-state index contributed by atoms with van der Waals surface area (Å²) in [6, 6.07) is 0.